The number of nitrogens with two attached hydrogens (primary N) is 1. The van der Waals surface area contributed by atoms with Crippen molar-refractivity contribution >= 4 is 29.3 Å². The highest BCUT2D eigenvalue weighted by Gasteiger charge is 2.04. The van der Waals surface area contributed by atoms with E-state index in [2.05, 4.69) is 27.2 Å². The zero-order valence-corrected chi connectivity index (χ0v) is 14.7. The SMILES string of the molecule is CCc1ncnc(NCCC(C=Nc2ccc(Cl)cc2)=CN)c1C. The van der Waals surface area contributed by atoms with E-state index in [0.717, 1.165) is 47.7 Å². The maximum absolute atomic E-state index is 5.86. The van der Waals surface area contributed by atoms with Gasteiger partial charge in [-0.1, -0.05) is 18.5 Å². The first-order chi connectivity index (χ1) is 11.6. The Labute approximate surface area is 147 Å². The van der Waals surface area contributed by atoms with Gasteiger partial charge < -0.3 is 11.1 Å². The van der Waals surface area contributed by atoms with E-state index in [4.69, 9.17) is 17.3 Å². The Balaban J connectivity index is 1.91. The van der Waals surface area contributed by atoms with Crippen molar-refractivity contribution in [2.75, 3.05) is 11.9 Å². The van der Waals surface area contributed by atoms with Crippen LogP contribution >= 0.6 is 11.6 Å². The molecule has 126 valence electrons. The third-order valence-electron chi connectivity index (χ3n) is 3.65. The first kappa shape index (κ1) is 17.9. The summed E-state index contributed by atoms with van der Waals surface area (Å²) in [5.41, 5.74) is 9.62. The van der Waals surface area contributed by atoms with Crippen LogP contribution in [0.4, 0.5) is 11.5 Å². The Bertz CT molecular complexity index is 723. The van der Waals surface area contributed by atoms with Crippen LogP contribution < -0.4 is 11.1 Å². The van der Waals surface area contributed by atoms with Gasteiger partial charge in [-0.25, -0.2) is 9.97 Å². The molecule has 0 bridgehead atoms. The second kappa shape index (κ2) is 9.03. The quantitative estimate of drug-likeness (QED) is 0.743. The highest BCUT2D eigenvalue weighted by molar-refractivity contribution is 6.30. The Hall–Kier alpha value is -2.40. The summed E-state index contributed by atoms with van der Waals surface area (Å²) in [6, 6.07) is 7.35. The van der Waals surface area contributed by atoms with Gasteiger partial charge in [0.15, 0.2) is 0 Å². The first-order valence-corrected chi connectivity index (χ1v) is 8.26. The summed E-state index contributed by atoms with van der Waals surface area (Å²) in [6.45, 7) is 4.83. The van der Waals surface area contributed by atoms with Crippen LogP contribution in [0.1, 0.15) is 24.6 Å². The molecule has 3 N–H and O–H groups in total. The largest absolute Gasteiger partial charge is 0.404 e. The fourth-order valence-electron chi connectivity index (χ4n) is 2.22. The first-order valence-electron chi connectivity index (χ1n) is 7.88. The molecule has 0 saturated heterocycles. The Morgan fingerprint density at radius 1 is 1.29 bits per heavy atom. The lowest BCUT2D eigenvalue weighted by molar-refractivity contribution is 0.949. The van der Waals surface area contributed by atoms with E-state index in [0.29, 0.717) is 5.02 Å². The van der Waals surface area contributed by atoms with Gasteiger partial charge in [0.1, 0.15) is 12.1 Å². The van der Waals surface area contributed by atoms with Crippen molar-refractivity contribution in [1.82, 2.24) is 9.97 Å². The molecule has 5 nitrogen and oxygen atoms in total. The van der Waals surface area contributed by atoms with Crippen LogP contribution in [0.25, 0.3) is 0 Å². The van der Waals surface area contributed by atoms with E-state index in [1.807, 2.05) is 31.2 Å². The average molecular weight is 344 g/mol. The number of aliphatic imine (C=N–C) groups is 1. The van der Waals surface area contributed by atoms with E-state index in [9.17, 15) is 0 Å². The highest BCUT2D eigenvalue weighted by Crippen LogP contribution is 2.17. The van der Waals surface area contributed by atoms with Gasteiger partial charge in [0.25, 0.3) is 0 Å². The number of hydrogen-bond acceptors (Lipinski definition) is 5. The molecule has 1 aromatic carbocycles. The van der Waals surface area contributed by atoms with Gasteiger partial charge in [-0.2, -0.15) is 0 Å². The molecule has 1 aromatic heterocycles. The molecule has 2 rings (SSSR count). The van der Waals surface area contributed by atoms with Crippen LogP contribution in [0.3, 0.4) is 0 Å². The van der Waals surface area contributed by atoms with Crippen molar-refractivity contribution < 1.29 is 0 Å². The molecule has 0 aliphatic rings. The molecule has 0 saturated carbocycles. The van der Waals surface area contributed by atoms with Crippen molar-refractivity contribution in [3.05, 3.63) is 58.6 Å². The Kier molecular flexibility index (Phi) is 6.75. The summed E-state index contributed by atoms with van der Waals surface area (Å²) in [5.74, 6) is 0.868. The van der Waals surface area contributed by atoms with Crippen molar-refractivity contribution in [2.45, 2.75) is 26.7 Å². The van der Waals surface area contributed by atoms with Crippen LogP contribution in [0.15, 0.2) is 47.4 Å². The molecular weight excluding hydrogens is 322 g/mol. The Morgan fingerprint density at radius 2 is 2.04 bits per heavy atom. The van der Waals surface area contributed by atoms with Gasteiger partial charge in [0.05, 0.1) is 5.69 Å². The van der Waals surface area contributed by atoms with Crippen LogP contribution in [0, 0.1) is 6.92 Å². The second-order valence-electron chi connectivity index (χ2n) is 5.30. The van der Waals surface area contributed by atoms with Gasteiger partial charge >= 0.3 is 0 Å². The van der Waals surface area contributed by atoms with Crippen LogP contribution in [-0.4, -0.2) is 22.7 Å². The molecule has 0 aliphatic carbocycles. The van der Waals surface area contributed by atoms with Crippen molar-refractivity contribution in [3.8, 4) is 0 Å². The zero-order valence-electron chi connectivity index (χ0n) is 14.0. The summed E-state index contributed by atoms with van der Waals surface area (Å²) in [6.07, 6.45) is 6.58. The smallest absolute Gasteiger partial charge is 0.132 e. The van der Waals surface area contributed by atoms with E-state index >= 15 is 0 Å². The standard InChI is InChI=1S/C18H22ClN5/c1-3-17-13(2)18(24-12-23-17)21-9-8-14(10-20)11-22-16-6-4-15(19)5-7-16/h4-7,10-12H,3,8-9,20H2,1-2H3,(H,21,23,24). The molecule has 0 aliphatic heterocycles. The third-order valence-corrected chi connectivity index (χ3v) is 3.90. The topological polar surface area (TPSA) is 76.2 Å². The molecule has 0 fully saturated rings. The number of aromatic nitrogens is 2. The van der Waals surface area contributed by atoms with Crippen LogP contribution in [0.2, 0.25) is 5.02 Å². The van der Waals surface area contributed by atoms with Gasteiger partial charge in [-0.15, -0.1) is 0 Å². The third kappa shape index (κ3) is 5.06. The Morgan fingerprint density at radius 3 is 2.71 bits per heavy atom. The molecule has 0 radical (unpaired) electrons. The van der Waals surface area contributed by atoms with Crippen molar-refractivity contribution in [1.29, 1.82) is 0 Å². The van der Waals surface area contributed by atoms with Crippen molar-refractivity contribution in [3.63, 3.8) is 0 Å². The predicted octanol–water partition coefficient (Wildman–Crippen LogP) is 4.05. The van der Waals surface area contributed by atoms with E-state index in [1.54, 1.807) is 18.7 Å². The maximum Gasteiger partial charge on any atom is 0.132 e. The molecular formula is C18H22ClN5. The van der Waals surface area contributed by atoms with Crippen molar-refractivity contribution in [2.24, 2.45) is 10.7 Å². The highest BCUT2D eigenvalue weighted by atomic mass is 35.5. The number of benzene rings is 1. The van der Waals surface area contributed by atoms with Gasteiger partial charge in [0.2, 0.25) is 0 Å². The van der Waals surface area contributed by atoms with Crippen LogP contribution in [0.5, 0.6) is 0 Å². The molecule has 2 aromatic rings. The maximum atomic E-state index is 5.86. The monoisotopic (exact) mass is 343 g/mol. The lowest BCUT2D eigenvalue weighted by atomic mass is 10.2. The molecule has 1 heterocycles. The summed E-state index contributed by atoms with van der Waals surface area (Å²) in [4.78, 5) is 13.0. The lowest BCUT2D eigenvalue weighted by Crippen LogP contribution is -2.09. The zero-order chi connectivity index (χ0) is 17.4. The van der Waals surface area contributed by atoms with E-state index in [-0.39, 0.29) is 0 Å². The lowest BCUT2D eigenvalue weighted by Gasteiger charge is -2.10. The number of anilines is 1. The predicted molar refractivity (Wildman–Crippen MR) is 101 cm³/mol. The molecule has 0 amide bonds. The van der Waals surface area contributed by atoms with Gasteiger partial charge in [0, 0.05) is 29.0 Å². The number of nitrogens with zero attached hydrogens (tertiary/aromatic N) is 3. The fraction of sp³-hybridized carbons (Fsp3) is 0.278. The summed E-state index contributed by atoms with van der Waals surface area (Å²) in [7, 11) is 0. The van der Waals surface area contributed by atoms with E-state index < -0.39 is 0 Å². The van der Waals surface area contributed by atoms with Crippen LogP contribution in [-0.2, 0) is 6.42 Å². The van der Waals surface area contributed by atoms with Gasteiger partial charge in [-0.3, -0.25) is 4.99 Å². The number of hydrogen-bond donors (Lipinski definition) is 2. The number of nitrogens with one attached hydrogen (secondary N) is 1. The minimum absolute atomic E-state index is 0.694. The van der Waals surface area contributed by atoms with Gasteiger partial charge in [-0.05, 0) is 55.8 Å². The normalized spacial score (nSPS) is 11.9. The molecule has 0 unspecified atom stereocenters. The summed E-state index contributed by atoms with van der Waals surface area (Å²) < 4.78 is 0. The summed E-state index contributed by atoms with van der Waals surface area (Å²) >= 11 is 5.86. The molecule has 24 heavy (non-hydrogen) atoms. The minimum Gasteiger partial charge on any atom is -0.404 e. The number of rotatable bonds is 7. The minimum atomic E-state index is 0.694. The van der Waals surface area contributed by atoms with E-state index in [1.165, 1.54) is 0 Å². The average Bonchev–Trinajstić information content (AvgIpc) is 2.60. The molecule has 6 heteroatoms. The molecule has 0 atom stereocenters. The number of aryl methyl sites for hydroxylation is 1. The number of halogens is 1. The summed E-state index contributed by atoms with van der Waals surface area (Å²) in [5, 5.41) is 4.03. The fourth-order valence-corrected chi connectivity index (χ4v) is 2.35. The molecule has 0 spiro atoms. The second-order valence-corrected chi connectivity index (χ2v) is 5.74.